The van der Waals surface area contributed by atoms with Crippen LogP contribution in [-0.4, -0.2) is 17.9 Å². The molecular weight excluding hydrogens is 396 g/mol. The molecule has 6 heteroatoms. The fourth-order valence-corrected chi connectivity index (χ4v) is 5.34. The zero-order valence-corrected chi connectivity index (χ0v) is 18.3. The summed E-state index contributed by atoms with van der Waals surface area (Å²) in [6.07, 6.45) is 7.18. The average Bonchev–Trinajstić information content (AvgIpc) is 3.05. The monoisotopic (exact) mass is 420 g/mol. The first-order chi connectivity index (χ1) is 14.2. The van der Waals surface area contributed by atoms with Gasteiger partial charge in [-0.1, -0.05) is 38.1 Å². The molecule has 0 saturated heterocycles. The molecule has 0 fully saturated rings. The summed E-state index contributed by atoms with van der Waals surface area (Å²) in [6.45, 7) is 5.75. The van der Waals surface area contributed by atoms with E-state index < -0.39 is 5.56 Å². The minimum atomic E-state index is -0.424. The van der Waals surface area contributed by atoms with Gasteiger partial charge in [-0.25, -0.2) is 0 Å². The number of anilines is 1. The third kappa shape index (κ3) is 3.37. The number of nitrogens with one attached hydrogen (secondary N) is 1. The number of thiophene rings is 1. The fourth-order valence-electron chi connectivity index (χ4n) is 4.05. The van der Waals surface area contributed by atoms with E-state index in [-0.39, 0.29) is 22.4 Å². The predicted molar refractivity (Wildman–Crippen MR) is 125 cm³/mol. The number of benzene rings is 1. The highest BCUT2D eigenvalue weighted by Gasteiger charge is 2.32. The quantitative estimate of drug-likeness (QED) is 0.571. The van der Waals surface area contributed by atoms with Crippen LogP contribution in [0.15, 0.2) is 40.7 Å². The van der Waals surface area contributed by atoms with Gasteiger partial charge in [0.15, 0.2) is 5.78 Å². The van der Waals surface area contributed by atoms with Crippen molar-refractivity contribution in [3.8, 4) is 5.75 Å². The molecule has 1 aliphatic carbocycles. The Morgan fingerprint density at radius 2 is 1.93 bits per heavy atom. The van der Waals surface area contributed by atoms with Crippen LogP contribution in [0.4, 0.5) is 5.69 Å². The summed E-state index contributed by atoms with van der Waals surface area (Å²) in [7, 11) is 1.65. The molecule has 4 rings (SSSR count). The molecule has 5 nitrogen and oxygen atoms in total. The van der Waals surface area contributed by atoms with Gasteiger partial charge in [-0.15, -0.1) is 11.3 Å². The molecule has 0 atom stereocenters. The summed E-state index contributed by atoms with van der Waals surface area (Å²) in [4.78, 5) is 29.1. The Balaban J connectivity index is 1.84. The number of carbonyl (C=O) groups is 1. The number of hydrogen-bond acceptors (Lipinski definition) is 5. The van der Waals surface area contributed by atoms with E-state index >= 15 is 0 Å². The van der Waals surface area contributed by atoms with E-state index in [0.717, 1.165) is 39.1 Å². The van der Waals surface area contributed by atoms with E-state index in [1.54, 1.807) is 18.4 Å². The van der Waals surface area contributed by atoms with E-state index in [9.17, 15) is 9.59 Å². The number of ether oxygens (including phenoxy) is 1. The fraction of sp³-hybridized carbons (Fsp3) is 0.250. The molecule has 2 aromatic heterocycles. The van der Waals surface area contributed by atoms with Crippen LogP contribution >= 0.6 is 11.3 Å². The lowest BCUT2D eigenvalue weighted by atomic mass is 9.77. The molecule has 1 aliphatic rings. The average molecular weight is 421 g/mol. The van der Waals surface area contributed by atoms with Crippen LogP contribution in [0.25, 0.3) is 22.4 Å². The number of nitrogens with two attached hydrogens (primary N) is 1. The number of hydrogen-bond donors (Lipinski definition) is 2. The summed E-state index contributed by atoms with van der Waals surface area (Å²) in [6, 6.07) is 7.89. The molecule has 0 amide bonds. The molecule has 0 spiro atoms. The Kier molecular flexibility index (Phi) is 4.90. The summed E-state index contributed by atoms with van der Waals surface area (Å²) in [5, 5.41) is 0.767. The number of carbonyl (C=O) groups excluding carboxylic acids is 1. The van der Waals surface area contributed by atoms with Gasteiger partial charge in [0.2, 0.25) is 0 Å². The molecule has 3 aromatic rings. The van der Waals surface area contributed by atoms with Crippen molar-refractivity contribution < 1.29 is 9.53 Å². The van der Waals surface area contributed by atoms with Crippen molar-refractivity contribution in [3.05, 3.63) is 67.8 Å². The standard InChI is InChI=1S/C24H24N2O3S/c1-13(27)18-20(25)19-17-11-15(6-5-14-7-9-16(29-4)10-8-14)12-24(2,3)21(17)30-23(19)26-22(18)28/h5-11H,12H2,1-4H3,(H3,25,26,28)/b6-5+. The van der Waals surface area contributed by atoms with Crippen LogP contribution < -0.4 is 16.0 Å². The number of allylic oxidation sites excluding steroid dienone is 2. The molecule has 0 unspecified atom stereocenters. The van der Waals surface area contributed by atoms with Crippen LogP contribution in [0.2, 0.25) is 0 Å². The second-order valence-corrected chi connectivity index (χ2v) is 9.25. The van der Waals surface area contributed by atoms with Gasteiger partial charge in [0.1, 0.15) is 16.1 Å². The smallest absolute Gasteiger partial charge is 0.262 e. The highest BCUT2D eigenvalue weighted by atomic mass is 32.1. The Bertz CT molecular complexity index is 1270. The number of Topliss-reactive ketones (excluding diaryl/α,β-unsaturated/α-hetero) is 1. The maximum absolute atomic E-state index is 12.4. The van der Waals surface area contributed by atoms with Gasteiger partial charge in [-0.05, 0) is 42.7 Å². The number of H-pyrrole nitrogens is 1. The van der Waals surface area contributed by atoms with Crippen LogP contribution in [0.3, 0.4) is 0 Å². The van der Waals surface area contributed by atoms with Gasteiger partial charge >= 0.3 is 0 Å². The molecule has 0 saturated carbocycles. The number of aromatic nitrogens is 1. The minimum Gasteiger partial charge on any atom is -0.497 e. The highest BCUT2D eigenvalue weighted by Crippen LogP contribution is 2.47. The van der Waals surface area contributed by atoms with Crippen LogP contribution in [0, 0.1) is 0 Å². The lowest BCUT2D eigenvalue weighted by Crippen LogP contribution is -2.20. The van der Waals surface area contributed by atoms with Crippen LogP contribution in [-0.2, 0) is 5.41 Å². The maximum atomic E-state index is 12.4. The summed E-state index contributed by atoms with van der Waals surface area (Å²) < 4.78 is 5.21. The number of rotatable bonds is 4. The lowest BCUT2D eigenvalue weighted by molar-refractivity contribution is 0.101. The van der Waals surface area contributed by atoms with Crippen molar-refractivity contribution in [2.75, 3.05) is 12.8 Å². The molecule has 0 radical (unpaired) electrons. The Hall–Kier alpha value is -3.12. The zero-order chi connectivity index (χ0) is 21.6. The lowest BCUT2D eigenvalue weighted by Gasteiger charge is -2.29. The highest BCUT2D eigenvalue weighted by molar-refractivity contribution is 7.19. The Labute approximate surface area is 178 Å². The first-order valence-corrected chi connectivity index (χ1v) is 10.6. The SMILES string of the molecule is COc1ccc(/C=C/C2=Cc3c(sc4[nH]c(=O)c(C(C)=O)c(N)c34)C(C)(C)C2)cc1. The Morgan fingerprint density at radius 1 is 1.23 bits per heavy atom. The molecule has 2 heterocycles. The van der Waals surface area contributed by atoms with Gasteiger partial charge < -0.3 is 15.5 Å². The van der Waals surface area contributed by atoms with Crippen LogP contribution in [0.5, 0.6) is 5.75 Å². The largest absolute Gasteiger partial charge is 0.497 e. The van der Waals surface area contributed by atoms with Crippen molar-refractivity contribution in [2.24, 2.45) is 0 Å². The predicted octanol–water partition coefficient (Wildman–Crippen LogP) is 5.16. The van der Waals surface area contributed by atoms with E-state index in [2.05, 4.69) is 37.1 Å². The molecule has 154 valence electrons. The molecule has 0 aliphatic heterocycles. The number of nitrogen functional groups attached to an aromatic ring is 1. The third-order valence-electron chi connectivity index (χ3n) is 5.49. The first kappa shape index (κ1) is 20.2. The van der Waals surface area contributed by atoms with Crippen molar-refractivity contribution in [1.82, 2.24) is 4.98 Å². The number of aromatic amines is 1. The van der Waals surface area contributed by atoms with E-state index in [1.807, 2.05) is 24.3 Å². The third-order valence-corrected chi connectivity index (χ3v) is 6.97. The number of methoxy groups -OCH3 is 1. The Morgan fingerprint density at radius 3 is 2.57 bits per heavy atom. The second kappa shape index (κ2) is 7.29. The topological polar surface area (TPSA) is 85.2 Å². The van der Waals surface area contributed by atoms with E-state index in [4.69, 9.17) is 10.5 Å². The number of ketones is 1. The number of pyridine rings is 1. The van der Waals surface area contributed by atoms with Gasteiger partial charge in [0.25, 0.3) is 5.56 Å². The molecule has 0 bridgehead atoms. The summed E-state index contributed by atoms with van der Waals surface area (Å²) in [5.74, 6) is 0.500. The molecule has 1 aromatic carbocycles. The molecule has 3 N–H and O–H groups in total. The minimum absolute atomic E-state index is 0.0372. The van der Waals surface area contributed by atoms with Crippen molar-refractivity contribution in [1.29, 1.82) is 0 Å². The molecular formula is C24H24N2O3S. The molecule has 30 heavy (non-hydrogen) atoms. The van der Waals surface area contributed by atoms with Gasteiger partial charge in [0.05, 0.1) is 12.8 Å². The first-order valence-electron chi connectivity index (χ1n) is 9.73. The van der Waals surface area contributed by atoms with Crippen molar-refractivity contribution >= 4 is 45.2 Å². The number of fused-ring (bicyclic) bond motifs is 3. The normalized spacial score (nSPS) is 15.3. The van der Waals surface area contributed by atoms with Crippen molar-refractivity contribution in [2.45, 2.75) is 32.6 Å². The second-order valence-electron chi connectivity index (χ2n) is 8.23. The maximum Gasteiger partial charge on any atom is 0.262 e. The van der Waals surface area contributed by atoms with E-state index in [0.29, 0.717) is 0 Å². The van der Waals surface area contributed by atoms with Gasteiger partial charge in [-0.3, -0.25) is 9.59 Å². The van der Waals surface area contributed by atoms with Gasteiger partial charge in [0, 0.05) is 21.2 Å². The van der Waals surface area contributed by atoms with E-state index in [1.165, 1.54) is 11.8 Å². The summed E-state index contributed by atoms with van der Waals surface area (Å²) >= 11 is 1.55. The van der Waals surface area contributed by atoms with Crippen LogP contribution in [0.1, 0.15) is 53.6 Å². The zero-order valence-electron chi connectivity index (χ0n) is 17.5. The van der Waals surface area contributed by atoms with Crippen molar-refractivity contribution in [3.63, 3.8) is 0 Å². The van der Waals surface area contributed by atoms with Gasteiger partial charge in [-0.2, -0.15) is 0 Å². The summed E-state index contributed by atoms with van der Waals surface area (Å²) in [5.41, 5.74) is 9.33.